The van der Waals surface area contributed by atoms with Crippen LogP contribution in [-0.2, 0) is 0 Å². The van der Waals surface area contributed by atoms with Crippen molar-refractivity contribution in [3.05, 3.63) is 33.9 Å². The number of rotatable bonds is 8. The number of carbonyl (C=O) groups excluding carboxylic acids is 1. The number of hydrogen-bond acceptors (Lipinski definition) is 5. The van der Waals surface area contributed by atoms with Crippen LogP contribution in [0.3, 0.4) is 0 Å². The predicted molar refractivity (Wildman–Crippen MR) is 102 cm³/mol. The summed E-state index contributed by atoms with van der Waals surface area (Å²) >= 11 is 0. The Balaban J connectivity index is 0.00000312. The molecule has 0 aromatic heterocycles. The van der Waals surface area contributed by atoms with E-state index in [1.165, 1.54) is 6.07 Å². The summed E-state index contributed by atoms with van der Waals surface area (Å²) in [5.74, 6) is -0.308. The van der Waals surface area contributed by atoms with Gasteiger partial charge in [-0.1, -0.05) is 19.8 Å². The molecule has 1 aliphatic heterocycles. The second-order valence-electron chi connectivity index (χ2n) is 6.20. The summed E-state index contributed by atoms with van der Waals surface area (Å²) in [6, 6.07) is 4.61. The zero-order valence-electron chi connectivity index (χ0n) is 14.6. The van der Waals surface area contributed by atoms with Gasteiger partial charge in [-0.2, -0.15) is 0 Å². The molecule has 1 fully saturated rings. The molecule has 0 radical (unpaired) electrons. The fourth-order valence-electron chi connectivity index (χ4n) is 3.00. The van der Waals surface area contributed by atoms with Crippen LogP contribution in [0.15, 0.2) is 18.2 Å². The molecule has 1 atom stereocenters. The molecule has 1 unspecified atom stereocenters. The lowest BCUT2D eigenvalue weighted by Gasteiger charge is -2.19. The first-order chi connectivity index (χ1) is 11.6. The molecule has 140 valence electrons. The van der Waals surface area contributed by atoms with E-state index in [1.807, 2.05) is 4.90 Å². The number of nitrogens with one attached hydrogen (secondary N) is 1. The smallest absolute Gasteiger partial charge is 0.293 e. The molecular weight excluding hydrogens is 344 g/mol. The zero-order valence-corrected chi connectivity index (χ0v) is 15.4. The average molecular weight is 371 g/mol. The molecule has 1 aromatic carbocycles. The van der Waals surface area contributed by atoms with E-state index in [4.69, 9.17) is 5.73 Å². The number of nitro groups is 1. The second-order valence-corrected chi connectivity index (χ2v) is 6.20. The van der Waals surface area contributed by atoms with Crippen LogP contribution >= 0.6 is 12.4 Å². The number of nitrogens with zero attached hydrogens (tertiary/aromatic N) is 2. The van der Waals surface area contributed by atoms with E-state index in [-0.39, 0.29) is 30.0 Å². The van der Waals surface area contributed by atoms with Gasteiger partial charge >= 0.3 is 0 Å². The van der Waals surface area contributed by atoms with Crippen molar-refractivity contribution >= 4 is 29.7 Å². The van der Waals surface area contributed by atoms with Gasteiger partial charge in [0.2, 0.25) is 0 Å². The van der Waals surface area contributed by atoms with Gasteiger partial charge in [0, 0.05) is 37.3 Å². The van der Waals surface area contributed by atoms with Gasteiger partial charge in [-0.3, -0.25) is 14.9 Å². The monoisotopic (exact) mass is 370 g/mol. The summed E-state index contributed by atoms with van der Waals surface area (Å²) in [4.78, 5) is 25.4. The molecule has 0 saturated carbocycles. The van der Waals surface area contributed by atoms with E-state index < -0.39 is 4.92 Å². The van der Waals surface area contributed by atoms with E-state index >= 15 is 0 Å². The molecule has 0 bridgehead atoms. The third kappa shape index (κ3) is 5.57. The van der Waals surface area contributed by atoms with Crippen LogP contribution in [0.4, 0.5) is 11.4 Å². The summed E-state index contributed by atoms with van der Waals surface area (Å²) in [5, 5.41) is 14.3. The Labute approximate surface area is 154 Å². The maximum atomic E-state index is 12.4. The Morgan fingerprint density at radius 3 is 2.64 bits per heavy atom. The first-order valence-electron chi connectivity index (χ1n) is 8.61. The first kappa shape index (κ1) is 21.2. The highest BCUT2D eigenvalue weighted by atomic mass is 35.5. The largest absolute Gasteiger partial charge is 0.366 e. The lowest BCUT2D eigenvalue weighted by atomic mass is 10.1. The van der Waals surface area contributed by atoms with E-state index in [0.717, 1.165) is 45.2 Å². The minimum atomic E-state index is -0.415. The lowest BCUT2D eigenvalue weighted by Crippen LogP contribution is -2.40. The molecule has 1 heterocycles. The fraction of sp³-hybridized carbons (Fsp3) is 0.588. The topological polar surface area (TPSA) is 102 Å². The van der Waals surface area contributed by atoms with Crippen molar-refractivity contribution < 1.29 is 9.72 Å². The molecule has 1 saturated heterocycles. The number of halogens is 1. The summed E-state index contributed by atoms with van der Waals surface area (Å²) in [5.41, 5.74) is 6.58. The maximum Gasteiger partial charge on any atom is 0.293 e. The summed E-state index contributed by atoms with van der Waals surface area (Å²) in [7, 11) is 0. The third-order valence-electron chi connectivity index (χ3n) is 4.41. The Morgan fingerprint density at radius 1 is 1.40 bits per heavy atom. The highest BCUT2D eigenvalue weighted by Gasteiger charge is 2.24. The molecule has 0 aliphatic carbocycles. The SMILES string of the molecule is CCCCC(CN)NC(=O)c1ccc(N2CCCC2)c([N+](=O)[O-])c1.Cl. The van der Waals surface area contributed by atoms with Crippen molar-refractivity contribution in [1.82, 2.24) is 5.32 Å². The maximum absolute atomic E-state index is 12.4. The van der Waals surface area contributed by atoms with Crippen molar-refractivity contribution in [2.24, 2.45) is 5.73 Å². The molecule has 1 aliphatic rings. The quantitative estimate of drug-likeness (QED) is 0.541. The van der Waals surface area contributed by atoms with E-state index in [2.05, 4.69) is 12.2 Å². The summed E-state index contributed by atoms with van der Waals surface area (Å²) in [6.45, 7) is 4.08. The first-order valence-corrected chi connectivity index (χ1v) is 8.61. The lowest BCUT2D eigenvalue weighted by molar-refractivity contribution is -0.384. The van der Waals surface area contributed by atoms with E-state index in [9.17, 15) is 14.9 Å². The van der Waals surface area contributed by atoms with E-state index in [1.54, 1.807) is 12.1 Å². The van der Waals surface area contributed by atoms with Gasteiger partial charge in [-0.25, -0.2) is 0 Å². The van der Waals surface area contributed by atoms with Gasteiger partial charge < -0.3 is 16.0 Å². The van der Waals surface area contributed by atoms with Crippen LogP contribution in [0.5, 0.6) is 0 Å². The summed E-state index contributed by atoms with van der Waals surface area (Å²) in [6.07, 6.45) is 4.90. The number of nitro benzene ring substituents is 1. The van der Waals surface area contributed by atoms with E-state index in [0.29, 0.717) is 17.8 Å². The molecule has 1 aromatic rings. The van der Waals surface area contributed by atoms with Crippen molar-refractivity contribution in [3.63, 3.8) is 0 Å². The molecule has 1 amide bonds. The van der Waals surface area contributed by atoms with Crippen molar-refractivity contribution in [3.8, 4) is 0 Å². The van der Waals surface area contributed by atoms with Crippen molar-refractivity contribution in [1.29, 1.82) is 0 Å². The standard InChI is InChI=1S/C17H26N4O3.ClH/c1-2-3-6-14(12-18)19-17(22)13-7-8-15(16(11-13)21(23)24)20-9-4-5-10-20;/h7-8,11,14H,2-6,9-10,12,18H2,1H3,(H,19,22);1H. The minimum absolute atomic E-state index is 0. The van der Waals surface area contributed by atoms with Crippen LogP contribution in [0.25, 0.3) is 0 Å². The van der Waals surface area contributed by atoms with Crippen molar-refractivity contribution in [2.75, 3.05) is 24.5 Å². The summed E-state index contributed by atoms with van der Waals surface area (Å²) < 4.78 is 0. The molecule has 7 nitrogen and oxygen atoms in total. The fourth-order valence-corrected chi connectivity index (χ4v) is 3.00. The number of benzene rings is 1. The molecule has 0 spiro atoms. The Hall–Kier alpha value is -1.86. The Morgan fingerprint density at radius 2 is 2.08 bits per heavy atom. The molecule has 3 N–H and O–H groups in total. The van der Waals surface area contributed by atoms with Crippen LogP contribution in [0, 0.1) is 10.1 Å². The second kappa shape index (κ2) is 10.2. The van der Waals surface area contributed by atoms with Gasteiger partial charge in [0.05, 0.1) is 4.92 Å². The molecule has 25 heavy (non-hydrogen) atoms. The number of hydrogen-bond donors (Lipinski definition) is 2. The minimum Gasteiger partial charge on any atom is -0.366 e. The number of unbranched alkanes of at least 4 members (excludes halogenated alkanes) is 1. The Kier molecular flexibility index (Phi) is 8.65. The van der Waals surface area contributed by atoms with Crippen LogP contribution in [-0.4, -0.2) is 36.5 Å². The number of carbonyl (C=O) groups is 1. The van der Waals surface area contributed by atoms with Gasteiger partial charge in [-0.05, 0) is 31.4 Å². The number of amides is 1. The third-order valence-corrected chi connectivity index (χ3v) is 4.41. The van der Waals surface area contributed by atoms with Crippen LogP contribution < -0.4 is 16.0 Å². The highest BCUT2D eigenvalue weighted by molar-refractivity contribution is 5.96. The average Bonchev–Trinajstić information content (AvgIpc) is 3.12. The zero-order chi connectivity index (χ0) is 17.5. The van der Waals surface area contributed by atoms with Crippen molar-refractivity contribution in [2.45, 2.75) is 45.1 Å². The molecule has 2 rings (SSSR count). The number of nitrogens with two attached hydrogens (primary N) is 1. The van der Waals surface area contributed by atoms with Gasteiger partial charge in [0.1, 0.15) is 5.69 Å². The normalized spacial score (nSPS) is 14.7. The number of anilines is 1. The van der Waals surface area contributed by atoms with Gasteiger partial charge in [0.25, 0.3) is 11.6 Å². The Bertz CT molecular complexity index is 591. The molecular formula is C17H27ClN4O3. The van der Waals surface area contributed by atoms with Gasteiger partial charge in [0.15, 0.2) is 0 Å². The van der Waals surface area contributed by atoms with Gasteiger partial charge in [-0.15, -0.1) is 12.4 Å². The predicted octanol–water partition coefficient (Wildman–Crippen LogP) is 2.86. The van der Waals surface area contributed by atoms with Crippen LogP contribution in [0.1, 0.15) is 49.4 Å². The molecule has 8 heteroatoms. The van der Waals surface area contributed by atoms with Crippen LogP contribution in [0.2, 0.25) is 0 Å². The highest BCUT2D eigenvalue weighted by Crippen LogP contribution is 2.31.